The number of benzene rings is 2. The molecule has 2 nitrogen and oxygen atoms in total. The lowest BCUT2D eigenvalue weighted by atomic mass is 9.98. The van der Waals surface area contributed by atoms with Crippen molar-refractivity contribution in [2.75, 3.05) is 18.0 Å². The van der Waals surface area contributed by atoms with Crippen LogP contribution in [0, 0.1) is 5.41 Å². The number of hydrogen-bond donors (Lipinski definition) is 1. The van der Waals surface area contributed by atoms with Gasteiger partial charge in [0, 0.05) is 25.0 Å². The van der Waals surface area contributed by atoms with Crippen LogP contribution in [0.2, 0.25) is 15.1 Å². The van der Waals surface area contributed by atoms with Crippen molar-refractivity contribution in [3.63, 3.8) is 0 Å². The van der Waals surface area contributed by atoms with Crippen LogP contribution in [-0.2, 0) is 9.84 Å². The van der Waals surface area contributed by atoms with Gasteiger partial charge in [0.25, 0.3) is 0 Å². The predicted octanol–water partition coefficient (Wildman–Crippen LogP) is 6.75. The van der Waals surface area contributed by atoms with Crippen LogP contribution in [0.15, 0.2) is 30.3 Å². The standard InChI is InChI=1S/C19H18Cl3IN2/c1-2-12-7-15(4-3-13(12)10-24)25-6-5-19(23,11-25)14-8-16(20)18(22)17(21)9-14/h3-4,7-10,24H,2,5-6,11H2,1H3/t19-/m1/s1. The van der Waals surface area contributed by atoms with E-state index in [9.17, 15) is 0 Å². The number of anilines is 1. The van der Waals surface area contributed by atoms with Crippen molar-refractivity contribution in [2.24, 2.45) is 0 Å². The molecule has 0 unspecified atom stereocenters. The first kappa shape index (κ1) is 19.3. The van der Waals surface area contributed by atoms with Gasteiger partial charge in [-0.05, 0) is 53.8 Å². The van der Waals surface area contributed by atoms with Crippen LogP contribution in [0.4, 0.5) is 5.69 Å². The van der Waals surface area contributed by atoms with E-state index >= 15 is 0 Å². The molecule has 0 spiro atoms. The quantitative estimate of drug-likeness (QED) is 0.211. The zero-order valence-corrected chi connectivity index (χ0v) is 18.2. The maximum atomic E-state index is 7.53. The van der Waals surface area contributed by atoms with Crippen LogP contribution in [-0.4, -0.2) is 19.3 Å². The zero-order valence-electron chi connectivity index (χ0n) is 13.8. The largest absolute Gasteiger partial charge is 0.370 e. The van der Waals surface area contributed by atoms with Crippen molar-refractivity contribution in [3.8, 4) is 0 Å². The highest BCUT2D eigenvalue weighted by atomic mass is 127. The third-order valence-electron chi connectivity index (χ3n) is 4.75. The second-order valence-electron chi connectivity index (χ2n) is 6.27. The minimum absolute atomic E-state index is 0.0533. The van der Waals surface area contributed by atoms with E-state index in [1.165, 1.54) is 17.5 Å². The van der Waals surface area contributed by atoms with Crippen molar-refractivity contribution in [3.05, 3.63) is 62.1 Å². The fourth-order valence-electron chi connectivity index (χ4n) is 3.28. The van der Waals surface area contributed by atoms with Crippen LogP contribution in [0.3, 0.4) is 0 Å². The van der Waals surface area contributed by atoms with Gasteiger partial charge in [0.05, 0.1) is 18.5 Å². The van der Waals surface area contributed by atoms with Gasteiger partial charge in [-0.2, -0.15) is 0 Å². The molecule has 0 aromatic heterocycles. The number of nitrogens with one attached hydrogen (secondary N) is 1. The predicted molar refractivity (Wildman–Crippen MR) is 118 cm³/mol. The number of halogens is 4. The van der Waals surface area contributed by atoms with Gasteiger partial charge in [0.2, 0.25) is 0 Å². The molecule has 3 rings (SSSR count). The summed E-state index contributed by atoms with van der Waals surface area (Å²) in [4.78, 5) is 2.38. The normalized spacial score (nSPS) is 20.1. The van der Waals surface area contributed by atoms with Crippen LogP contribution in [0.25, 0.3) is 0 Å². The van der Waals surface area contributed by atoms with Gasteiger partial charge >= 0.3 is 0 Å². The van der Waals surface area contributed by atoms with Gasteiger partial charge in [-0.15, -0.1) is 0 Å². The van der Waals surface area contributed by atoms with E-state index in [1.807, 2.05) is 18.2 Å². The summed E-state index contributed by atoms with van der Waals surface area (Å²) in [5.41, 5.74) is 4.51. The Labute approximate surface area is 177 Å². The minimum Gasteiger partial charge on any atom is -0.370 e. The zero-order chi connectivity index (χ0) is 18.2. The van der Waals surface area contributed by atoms with Crippen molar-refractivity contribution < 1.29 is 0 Å². The Hall–Kier alpha value is -0.490. The Morgan fingerprint density at radius 2 is 1.88 bits per heavy atom. The van der Waals surface area contributed by atoms with Gasteiger partial charge in [0.15, 0.2) is 0 Å². The van der Waals surface area contributed by atoms with E-state index in [0.717, 1.165) is 37.1 Å². The summed E-state index contributed by atoms with van der Waals surface area (Å²) in [5, 5.41) is 8.94. The highest BCUT2D eigenvalue weighted by Gasteiger charge is 2.38. The molecule has 0 amide bonds. The Balaban J connectivity index is 1.89. The van der Waals surface area contributed by atoms with Gasteiger partial charge in [-0.1, -0.05) is 70.4 Å². The summed E-state index contributed by atoms with van der Waals surface area (Å²) in [5.74, 6) is 0. The van der Waals surface area contributed by atoms with Crippen molar-refractivity contribution in [2.45, 2.75) is 23.2 Å². The van der Waals surface area contributed by atoms with Gasteiger partial charge in [-0.25, -0.2) is 0 Å². The van der Waals surface area contributed by atoms with Crippen LogP contribution in [0.1, 0.15) is 30.0 Å². The lowest BCUT2D eigenvalue weighted by Gasteiger charge is -2.25. The minimum atomic E-state index is -0.0533. The van der Waals surface area contributed by atoms with Gasteiger partial charge in [-0.3, -0.25) is 0 Å². The molecule has 0 aliphatic carbocycles. The van der Waals surface area contributed by atoms with E-state index in [2.05, 4.69) is 46.5 Å². The number of aryl methyl sites for hydroxylation is 1. The summed E-state index contributed by atoms with van der Waals surface area (Å²) in [7, 11) is 0. The monoisotopic (exact) mass is 506 g/mol. The molecule has 6 heteroatoms. The fourth-order valence-corrected chi connectivity index (χ4v) is 4.84. The summed E-state index contributed by atoms with van der Waals surface area (Å²) in [6.07, 6.45) is 3.35. The van der Waals surface area contributed by atoms with Crippen molar-refractivity contribution >= 4 is 69.3 Å². The molecule has 0 saturated carbocycles. The van der Waals surface area contributed by atoms with Crippen LogP contribution >= 0.6 is 57.4 Å². The molecule has 1 aliphatic heterocycles. The Bertz CT molecular complexity index is 801. The number of nitrogens with zero attached hydrogens (tertiary/aromatic N) is 1. The van der Waals surface area contributed by atoms with Crippen molar-refractivity contribution in [1.82, 2.24) is 0 Å². The third-order valence-corrected chi connectivity index (χ3v) is 7.45. The number of hydrogen-bond acceptors (Lipinski definition) is 2. The molecule has 1 fully saturated rings. The Kier molecular flexibility index (Phi) is 5.88. The first-order chi connectivity index (χ1) is 11.9. The lowest BCUT2D eigenvalue weighted by molar-refractivity contribution is 0.739. The highest BCUT2D eigenvalue weighted by molar-refractivity contribution is 14.1. The number of alkyl halides is 1. The average molecular weight is 508 g/mol. The molecule has 1 heterocycles. The van der Waals surface area contributed by atoms with Crippen molar-refractivity contribution in [1.29, 1.82) is 5.41 Å². The van der Waals surface area contributed by atoms with E-state index in [0.29, 0.717) is 15.1 Å². The smallest absolute Gasteiger partial charge is 0.0778 e. The molecule has 1 N–H and O–H groups in total. The molecule has 25 heavy (non-hydrogen) atoms. The molecule has 2 aromatic carbocycles. The Morgan fingerprint density at radius 1 is 1.20 bits per heavy atom. The maximum Gasteiger partial charge on any atom is 0.0778 e. The average Bonchev–Trinajstić information content (AvgIpc) is 3.02. The van der Waals surface area contributed by atoms with Crippen LogP contribution < -0.4 is 4.90 Å². The second-order valence-corrected chi connectivity index (χ2v) is 9.53. The second kappa shape index (κ2) is 7.63. The molecule has 0 radical (unpaired) electrons. The molecule has 1 saturated heterocycles. The lowest BCUT2D eigenvalue weighted by Crippen LogP contribution is -2.25. The third kappa shape index (κ3) is 3.80. The van der Waals surface area contributed by atoms with Gasteiger partial charge in [0.1, 0.15) is 0 Å². The molecule has 1 atom stereocenters. The summed E-state index contributed by atoms with van der Waals surface area (Å²) < 4.78 is -0.0533. The Morgan fingerprint density at radius 3 is 2.48 bits per heavy atom. The van der Waals surface area contributed by atoms with Crippen LogP contribution in [0.5, 0.6) is 0 Å². The molecule has 1 aliphatic rings. The summed E-state index contributed by atoms with van der Waals surface area (Å²) in [6.45, 7) is 3.97. The van der Waals surface area contributed by atoms with E-state index in [1.54, 1.807) is 0 Å². The van der Waals surface area contributed by atoms with E-state index < -0.39 is 0 Å². The first-order valence-corrected chi connectivity index (χ1v) is 10.3. The topological polar surface area (TPSA) is 27.1 Å². The molecule has 0 bridgehead atoms. The summed E-state index contributed by atoms with van der Waals surface area (Å²) >= 11 is 21.1. The molecule has 2 aromatic rings. The first-order valence-electron chi connectivity index (χ1n) is 8.10. The highest BCUT2D eigenvalue weighted by Crippen LogP contribution is 2.45. The van der Waals surface area contributed by atoms with E-state index in [4.69, 9.17) is 40.2 Å². The summed E-state index contributed by atoms with van der Waals surface area (Å²) in [6, 6.07) is 10.2. The maximum absolute atomic E-state index is 7.53. The molecular weight excluding hydrogens is 489 g/mol. The molecular formula is C19H18Cl3IN2. The number of rotatable bonds is 4. The SMILES string of the molecule is CCc1cc(N2CC[C@](I)(c3cc(Cl)c(Cl)c(Cl)c3)C2)ccc1C=N. The fraction of sp³-hybridized carbons (Fsp3) is 0.316. The molecule has 132 valence electrons. The van der Waals surface area contributed by atoms with E-state index in [-0.39, 0.29) is 3.42 Å². The van der Waals surface area contributed by atoms with Gasteiger partial charge < -0.3 is 10.3 Å².